The summed E-state index contributed by atoms with van der Waals surface area (Å²) in [5.74, 6) is 1.10. The second-order valence-electron chi connectivity index (χ2n) is 7.70. The zero-order chi connectivity index (χ0) is 16.1. The molecule has 3 nitrogen and oxygen atoms in total. The highest BCUT2D eigenvalue weighted by molar-refractivity contribution is 5.97. The van der Waals surface area contributed by atoms with Gasteiger partial charge >= 0.3 is 0 Å². The third kappa shape index (κ3) is 2.02. The maximum Gasteiger partial charge on any atom is 0.204 e. The van der Waals surface area contributed by atoms with Crippen LogP contribution in [0.4, 0.5) is 0 Å². The predicted octanol–water partition coefficient (Wildman–Crippen LogP) is 4.30. The zero-order valence-corrected chi connectivity index (χ0v) is 13.9. The van der Waals surface area contributed by atoms with Gasteiger partial charge in [0.1, 0.15) is 0 Å². The summed E-state index contributed by atoms with van der Waals surface area (Å²) in [4.78, 5) is 20.5. The van der Waals surface area contributed by atoms with E-state index in [0.29, 0.717) is 11.7 Å². The van der Waals surface area contributed by atoms with Crippen molar-refractivity contribution in [2.75, 3.05) is 0 Å². The summed E-state index contributed by atoms with van der Waals surface area (Å²) in [5.41, 5.74) is 2.72. The van der Waals surface area contributed by atoms with Crippen molar-refractivity contribution in [3.8, 4) is 0 Å². The molecule has 1 aromatic heterocycles. The lowest BCUT2D eigenvalue weighted by Gasteiger charge is -2.54. The number of carbonyl (C=O) groups excluding carboxylic acids is 1. The van der Waals surface area contributed by atoms with E-state index in [9.17, 15) is 4.79 Å². The van der Waals surface area contributed by atoms with Crippen LogP contribution in [-0.2, 0) is 11.8 Å². The van der Waals surface area contributed by atoms with Crippen LogP contribution in [0.1, 0.15) is 61.3 Å². The van der Waals surface area contributed by atoms with Gasteiger partial charge in [-0.15, -0.1) is 0 Å². The van der Waals surface area contributed by atoms with E-state index in [1.165, 1.54) is 17.5 Å². The number of fused-ring (bicyclic) bond motifs is 3. The molecular formula is C20H24N2O. The molecule has 0 aliphatic heterocycles. The number of nitrogens with zero attached hydrogens (tertiary/aromatic N) is 1. The smallest absolute Gasteiger partial charge is 0.204 e. The predicted molar refractivity (Wildman–Crippen MR) is 90.5 cm³/mol. The van der Waals surface area contributed by atoms with E-state index < -0.39 is 0 Å². The first-order valence-electron chi connectivity index (χ1n) is 8.68. The van der Waals surface area contributed by atoms with Crippen molar-refractivity contribution in [2.45, 2.75) is 51.4 Å². The van der Waals surface area contributed by atoms with Crippen molar-refractivity contribution in [1.29, 1.82) is 0 Å². The largest absolute Gasteiger partial charge is 0.342 e. The Morgan fingerprint density at radius 2 is 2.09 bits per heavy atom. The Bertz CT molecular complexity index is 736. The molecule has 4 rings (SSSR count). The van der Waals surface area contributed by atoms with E-state index in [1.807, 2.05) is 0 Å². The minimum atomic E-state index is -0.321. The molecule has 0 radical (unpaired) electrons. The second-order valence-corrected chi connectivity index (χ2v) is 7.70. The second kappa shape index (κ2) is 5.05. The molecule has 1 fully saturated rings. The number of H-pyrrole nitrogens is 1. The van der Waals surface area contributed by atoms with Crippen LogP contribution in [0.15, 0.2) is 36.7 Å². The van der Waals surface area contributed by atoms with Gasteiger partial charge in [-0.05, 0) is 48.1 Å². The van der Waals surface area contributed by atoms with Gasteiger partial charge in [0.2, 0.25) is 5.78 Å². The van der Waals surface area contributed by atoms with Crippen LogP contribution in [-0.4, -0.2) is 15.8 Å². The number of nitrogens with one attached hydrogen (secondary N) is 1. The Balaban J connectivity index is 1.79. The molecule has 0 spiro atoms. The molecule has 1 saturated carbocycles. The van der Waals surface area contributed by atoms with Gasteiger partial charge in [0.25, 0.3) is 0 Å². The number of imidazole rings is 1. The van der Waals surface area contributed by atoms with Gasteiger partial charge in [-0.3, -0.25) is 4.79 Å². The van der Waals surface area contributed by atoms with E-state index in [1.54, 1.807) is 12.4 Å². The molecule has 120 valence electrons. The Kier molecular flexibility index (Phi) is 3.22. The van der Waals surface area contributed by atoms with Gasteiger partial charge < -0.3 is 4.98 Å². The number of aromatic nitrogens is 2. The van der Waals surface area contributed by atoms with E-state index >= 15 is 0 Å². The first-order valence-corrected chi connectivity index (χ1v) is 8.68. The molecule has 2 aliphatic carbocycles. The summed E-state index contributed by atoms with van der Waals surface area (Å²) < 4.78 is 0. The topological polar surface area (TPSA) is 45.8 Å². The molecule has 0 bridgehead atoms. The van der Waals surface area contributed by atoms with Crippen molar-refractivity contribution < 1.29 is 4.79 Å². The molecule has 3 atom stereocenters. The number of benzene rings is 1. The van der Waals surface area contributed by atoms with Gasteiger partial charge in [-0.2, -0.15) is 0 Å². The average molecular weight is 308 g/mol. The monoisotopic (exact) mass is 308 g/mol. The molecule has 1 aromatic carbocycles. The molecule has 0 saturated heterocycles. The lowest BCUT2D eigenvalue weighted by atomic mass is 9.49. The highest BCUT2D eigenvalue weighted by atomic mass is 16.1. The van der Waals surface area contributed by atoms with Crippen molar-refractivity contribution in [3.63, 3.8) is 0 Å². The third-order valence-corrected chi connectivity index (χ3v) is 6.50. The SMILES string of the molecule is CC1(C(=O)c2ncc[nH]2)CCCC2(C)c3ccccc3CCC12. The van der Waals surface area contributed by atoms with E-state index in [2.05, 4.69) is 48.1 Å². The van der Waals surface area contributed by atoms with E-state index in [-0.39, 0.29) is 16.6 Å². The fourth-order valence-electron chi connectivity index (χ4n) is 5.36. The maximum atomic E-state index is 13.2. The van der Waals surface area contributed by atoms with Gasteiger partial charge in [0.05, 0.1) is 0 Å². The van der Waals surface area contributed by atoms with Crippen LogP contribution in [0.25, 0.3) is 0 Å². The molecule has 1 heterocycles. The molecule has 3 unspecified atom stereocenters. The summed E-state index contributed by atoms with van der Waals surface area (Å²) >= 11 is 0. The summed E-state index contributed by atoms with van der Waals surface area (Å²) in [7, 11) is 0. The summed E-state index contributed by atoms with van der Waals surface area (Å²) in [6.45, 7) is 4.55. The van der Waals surface area contributed by atoms with Crippen LogP contribution >= 0.6 is 0 Å². The normalized spacial score (nSPS) is 32.9. The van der Waals surface area contributed by atoms with Gasteiger partial charge in [-0.25, -0.2) is 4.98 Å². The Labute approximate surface area is 137 Å². The molecule has 23 heavy (non-hydrogen) atoms. The minimum Gasteiger partial charge on any atom is -0.342 e. The molecule has 3 heteroatoms. The molecule has 1 N–H and O–H groups in total. The van der Waals surface area contributed by atoms with Crippen LogP contribution in [0.5, 0.6) is 0 Å². The maximum absolute atomic E-state index is 13.2. The fourth-order valence-corrected chi connectivity index (χ4v) is 5.36. The number of hydrogen-bond donors (Lipinski definition) is 1. The molecule has 2 aromatic rings. The number of ketones is 1. The summed E-state index contributed by atoms with van der Waals surface area (Å²) in [6.07, 6.45) is 8.84. The number of carbonyl (C=O) groups is 1. The lowest BCUT2D eigenvalue weighted by Crippen LogP contribution is -2.52. The number of aryl methyl sites for hydroxylation is 1. The molecule has 2 aliphatic rings. The van der Waals surface area contributed by atoms with Crippen LogP contribution in [0, 0.1) is 11.3 Å². The van der Waals surface area contributed by atoms with Crippen LogP contribution in [0.2, 0.25) is 0 Å². The molecule has 0 amide bonds. The number of Topliss-reactive ketones (excluding diaryl/α,β-unsaturated/α-hetero) is 1. The highest BCUT2D eigenvalue weighted by Crippen LogP contribution is 2.57. The average Bonchev–Trinajstić information content (AvgIpc) is 3.08. The van der Waals surface area contributed by atoms with Crippen molar-refractivity contribution in [3.05, 3.63) is 53.6 Å². The highest BCUT2D eigenvalue weighted by Gasteiger charge is 2.55. The standard InChI is InChI=1S/C20H24N2O/c1-19-10-5-11-20(2,17(23)18-21-12-13-22-18)16(19)9-8-14-6-3-4-7-15(14)19/h3-4,6-7,12-13,16H,5,8-11H2,1-2H3,(H,21,22). The molecular weight excluding hydrogens is 284 g/mol. The Morgan fingerprint density at radius 3 is 2.87 bits per heavy atom. The fraction of sp³-hybridized carbons (Fsp3) is 0.500. The Morgan fingerprint density at radius 1 is 1.26 bits per heavy atom. The first kappa shape index (κ1) is 14.7. The van der Waals surface area contributed by atoms with Gasteiger partial charge in [0.15, 0.2) is 5.82 Å². The quantitative estimate of drug-likeness (QED) is 0.841. The van der Waals surface area contributed by atoms with Crippen molar-refractivity contribution in [2.24, 2.45) is 11.3 Å². The first-order chi connectivity index (χ1) is 11.1. The van der Waals surface area contributed by atoms with Crippen molar-refractivity contribution in [1.82, 2.24) is 9.97 Å². The number of aromatic amines is 1. The number of rotatable bonds is 2. The lowest BCUT2D eigenvalue weighted by molar-refractivity contribution is 0.0237. The van der Waals surface area contributed by atoms with Crippen LogP contribution in [0.3, 0.4) is 0 Å². The van der Waals surface area contributed by atoms with E-state index in [0.717, 1.165) is 25.7 Å². The van der Waals surface area contributed by atoms with E-state index in [4.69, 9.17) is 0 Å². The minimum absolute atomic E-state index is 0.101. The third-order valence-electron chi connectivity index (χ3n) is 6.50. The summed E-state index contributed by atoms with van der Waals surface area (Å²) in [5, 5.41) is 0. The van der Waals surface area contributed by atoms with Crippen LogP contribution < -0.4 is 0 Å². The van der Waals surface area contributed by atoms with Gasteiger partial charge in [0, 0.05) is 17.8 Å². The van der Waals surface area contributed by atoms with Crippen molar-refractivity contribution >= 4 is 5.78 Å². The zero-order valence-electron chi connectivity index (χ0n) is 13.9. The summed E-state index contributed by atoms with van der Waals surface area (Å²) in [6, 6.07) is 8.83. The number of hydrogen-bond acceptors (Lipinski definition) is 2. The Hall–Kier alpha value is -1.90. The van der Waals surface area contributed by atoms with Gasteiger partial charge in [-0.1, -0.05) is 44.5 Å².